The van der Waals surface area contributed by atoms with Crippen molar-refractivity contribution in [2.75, 3.05) is 13.2 Å². The first-order valence-electron chi connectivity index (χ1n) is 9.55. The molecule has 3 rings (SSSR count). The lowest BCUT2D eigenvalue weighted by atomic mass is 10.1. The Balaban J connectivity index is 1.38. The van der Waals surface area contributed by atoms with E-state index < -0.39 is 0 Å². The van der Waals surface area contributed by atoms with Gasteiger partial charge in [0, 0.05) is 11.6 Å². The fourth-order valence-electron chi connectivity index (χ4n) is 3.08. The summed E-state index contributed by atoms with van der Waals surface area (Å²) < 4.78 is 11.6. The molecule has 0 unspecified atom stereocenters. The number of benzene rings is 2. The summed E-state index contributed by atoms with van der Waals surface area (Å²) in [6, 6.07) is 13.6. The Hall–Kier alpha value is -2.37. The van der Waals surface area contributed by atoms with Crippen LogP contribution in [0.25, 0.3) is 10.8 Å². The molecule has 5 nitrogen and oxygen atoms in total. The Labute approximate surface area is 170 Å². The van der Waals surface area contributed by atoms with Crippen LogP contribution in [0, 0.1) is 6.92 Å². The van der Waals surface area contributed by atoms with Gasteiger partial charge in [-0.2, -0.15) is 5.10 Å². The SMILES string of the molecule is Cc1nnc(O)c2cc(Cl)cc(OCCCCCCOCc3ccccc3)c12. The molecule has 148 valence electrons. The van der Waals surface area contributed by atoms with Gasteiger partial charge in [0.15, 0.2) is 0 Å². The number of aryl methyl sites for hydroxylation is 1. The largest absolute Gasteiger partial charge is 0.493 e. The van der Waals surface area contributed by atoms with Gasteiger partial charge in [-0.1, -0.05) is 48.4 Å². The van der Waals surface area contributed by atoms with Crippen molar-refractivity contribution in [2.24, 2.45) is 0 Å². The summed E-state index contributed by atoms with van der Waals surface area (Å²) in [4.78, 5) is 0. The van der Waals surface area contributed by atoms with Crippen LogP contribution >= 0.6 is 11.6 Å². The van der Waals surface area contributed by atoms with Gasteiger partial charge in [-0.25, -0.2) is 0 Å². The average molecular weight is 401 g/mol. The minimum absolute atomic E-state index is 0.136. The molecular formula is C22H25ClN2O3. The second kappa shape index (κ2) is 10.2. The second-order valence-electron chi connectivity index (χ2n) is 6.74. The van der Waals surface area contributed by atoms with E-state index in [4.69, 9.17) is 21.1 Å². The molecule has 1 heterocycles. The lowest BCUT2D eigenvalue weighted by molar-refractivity contribution is 0.116. The highest BCUT2D eigenvalue weighted by Gasteiger charge is 2.13. The van der Waals surface area contributed by atoms with E-state index in [1.165, 1.54) is 5.56 Å². The number of nitrogens with zero attached hydrogens (tertiary/aromatic N) is 2. The molecule has 0 aliphatic rings. The van der Waals surface area contributed by atoms with Gasteiger partial charge in [-0.15, -0.1) is 5.10 Å². The van der Waals surface area contributed by atoms with Crippen molar-refractivity contribution in [1.29, 1.82) is 0 Å². The molecule has 0 amide bonds. The van der Waals surface area contributed by atoms with E-state index in [2.05, 4.69) is 22.3 Å². The summed E-state index contributed by atoms with van der Waals surface area (Å²) in [6.45, 7) is 3.86. The number of rotatable bonds is 10. The maximum absolute atomic E-state index is 9.93. The number of fused-ring (bicyclic) bond motifs is 1. The van der Waals surface area contributed by atoms with Crippen molar-refractivity contribution in [3.8, 4) is 11.6 Å². The maximum Gasteiger partial charge on any atom is 0.239 e. The second-order valence-corrected chi connectivity index (χ2v) is 7.17. The normalized spacial score (nSPS) is 11.1. The van der Waals surface area contributed by atoms with Gasteiger partial charge in [0.2, 0.25) is 5.88 Å². The maximum atomic E-state index is 9.93. The smallest absolute Gasteiger partial charge is 0.239 e. The first-order valence-corrected chi connectivity index (χ1v) is 9.93. The molecule has 1 aromatic heterocycles. The van der Waals surface area contributed by atoms with Crippen LogP contribution in [0.4, 0.5) is 0 Å². The van der Waals surface area contributed by atoms with Gasteiger partial charge < -0.3 is 14.6 Å². The molecule has 3 aromatic rings. The highest BCUT2D eigenvalue weighted by molar-refractivity contribution is 6.31. The highest BCUT2D eigenvalue weighted by Crippen LogP contribution is 2.35. The van der Waals surface area contributed by atoms with Crippen LogP contribution in [0.5, 0.6) is 11.6 Å². The Morgan fingerprint density at radius 3 is 2.50 bits per heavy atom. The predicted octanol–water partition coefficient (Wildman–Crippen LogP) is 5.45. The molecule has 0 aliphatic carbocycles. The monoisotopic (exact) mass is 400 g/mol. The van der Waals surface area contributed by atoms with Crippen molar-refractivity contribution < 1.29 is 14.6 Å². The number of ether oxygens (including phenoxy) is 2. The summed E-state index contributed by atoms with van der Waals surface area (Å²) in [5.74, 6) is 0.500. The topological polar surface area (TPSA) is 64.5 Å². The number of hydrogen-bond donors (Lipinski definition) is 1. The van der Waals surface area contributed by atoms with Crippen LogP contribution < -0.4 is 4.74 Å². The molecule has 1 N–H and O–H groups in total. The van der Waals surface area contributed by atoms with Gasteiger partial charge in [0.25, 0.3) is 0 Å². The molecule has 2 aromatic carbocycles. The average Bonchev–Trinajstić information content (AvgIpc) is 2.70. The zero-order valence-electron chi connectivity index (χ0n) is 16.0. The molecule has 0 spiro atoms. The van der Waals surface area contributed by atoms with Crippen LogP contribution in [-0.4, -0.2) is 28.5 Å². The zero-order chi connectivity index (χ0) is 19.8. The van der Waals surface area contributed by atoms with E-state index in [0.29, 0.717) is 35.1 Å². The molecule has 0 radical (unpaired) electrons. The fourth-order valence-corrected chi connectivity index (χ4v) is 3.29. The van der Waals surface area contributed by atoms with Crippen molar-refractivity contribution in [3.05, 3.63) is 58.7 Å². The molecule has 0 atom stereocenters. The third-order valence-electron chi connectivity index (χ3n) is 4.52. The van der Waals surface area contributed by atoms with Crippen molar-refractivity contribution in [3.63, 3.8) is 0 Å². The number of unbranched alkanes of at least 4 members (excludes halogenated alkanes) is 3. The van der Waals surface area contributed by atoms with E-state index in [0.717, 1.165) is 37.7 Å². The van der Waals surface area contributed by atoms with Gasteiger partial charge in [0.05, 0.1) is 29.7 Å². The van der Waals surface area contributed by atoms with Gasteiger partial charge >= 0.3 is 0 Å². The summed E-state index contributed by atoms with van der Waals surface area (Å²) in [7, 11) is 0. The van der Waals surface area contributed by atoms with Crippen LogP contribution in [0.3, 0.4) is 0 Å². The van der Waals surface area contributed by atoms with Crippen LogP contribution in [-0.2, 0) is 11.3 Å². The van der Waals surface area contributed by atoms with E-state index in [9.17, 15) is 5.11 Å². The molecule has 28 heavy (non-hydrogen) atoms. The molecular weight excluding hydrogens is 376 g/mol. The summed E-state index contributed by atoms with van der Waals surface area (Å²) >= 11 is 6.15. The number of halogens is 1. The highest BCUT2D eigenvalue weighted by atomic mass is 35.5. The van der Waals surface area contributed by atoms with E-state index in [1.54, 1.807) is 12.1 Å². The third kappa shape index (κ3) is 5.57. The standard InChI is InChI=1S/C22H25ClN2O3/c1-16-21-19(22(26)25-24-16)13-18(23)14-20(21)28-12-8-3-2-7-11-27-15-17-9-5-4-6-10-17/h4-6,9-10,13-14H,2-3,7-8,11-12,15H2,1H3,(H,25,26). The Morgan fingerprint density at radius 1 is 0.964 bits per heavy atom. The van der Waals surface area contributed by atoms with E-state index >= 15 is 0 Å². The van der Waals surface area contributed by atoms with Crippen LogP contribution in [0.2, 0.25) is 5.02 Å². The number of aromatic nitrogens is 2. The minimum Gasteiger partial charge on any atom is -0.493 e. The first kappa shape index (κ1) is 20.4. The Bertz CT molecular complexity index is 903. The summed E-state index contributed by atoms with van der Waals surface area (Å²) in [5, 5.41) is 19.4. The molecule has 0 aliphatic heterocycles. The number of aromatic hydroxyl groups is 1. The van der Waals surface area contributed by atoms with Crippen LogP contribution in [0.1, 0.15) is 36.9 Å². The Kier molecular flexibility index (Phi) is 7.46. The van der Waals surface area contributed by atoms with Gasteiger partial charge in [-0.3, -0.25) is 0 Å². The summed E-state index contributed by atoms with van der Waals surface area (Å²) in [5.41, 5.74) is 1.91. The Morgan fingerprint density at radius 2 is 1.71 bits per heavy atom. The quantitative estimate of drug-likeness (QED) is 0.458. The lowest BCUT2D eigenvalue weighted by Gasteiger charge is -2.12. The predicted molar refractivity (Wildman–Crippen MR) is 111 cm³/mol. The lowest BCUT2D eigenvalue weighted by Crippen LogP contribution is -2.01. The molecule has 0 fully saturated rings. The number of hydrogen-bond acceptors (Lipinski definition) is 5. The molecule has 0 bridgehead atoms. The van der Waals surface area contributed by atoms with Crippen LogP contribution in [0.15, 0.2) is 42.5 Å². The van der Waals surface area contributed by atoms with Gasteiger partial charge in [0.1, 0.15) is 5.75 Å². The third-order valence-corrected chi connectivity index (χ3v) is 4.73. The molecule has 6 heteroatoms. The zero-order valence-corrected chi connectivity index (χ0v) is 16.8. The molecule has 0 saturated carbocycles. The minimum atomic E-state index is -0.136. The van der Waals surface area contributed by atoms with Crippen molar-refractivity contribution >= 4 is 22.4 Å². The van der Waals surface area contributed by atoms with E-state index in [1.807, 2.05) is 25.1 Å². The van der Waals surface area contributed by atoms with E-state index in [-0.39, 0.29) is 5.88 Å². The van der Waals surface area contributed by atoms with Crippen molar-refractivity contribution in [1.82, 2.24) is 10.2 Å². The van der Waals surface area contributed by atoms with Gasteiger partial charge in [-0.05, 0) is 43.9 Å². The molecule has 0 saturated heterocycles. The fraction of sp³-hybridized carbons (Fsp3) is 0.364. The first-order chi connectivity index (χ1) is 13.6. The summed E-state index contributed by atoms with van der Waals surface area (Å²) in [6.07, 6.45) is 4.14. The van der Waals surface area contributed by atoms with Crippen molar-refractivity contribution in [2.45, 2.75) is 39.2 Å².